The fourth-order valence-electron chi connectivity index (χ4n) is 1.70. The molecule has 0 saturated heterocycles. The zero-order valence-corrected chi connectivity index (χ0v) is 10.3. The second kappa shape index (κ2) is 6.82. The maximum Gasteiger partial charge on any atom is 0.135 e. The minimum atomic E-state index is -0.207. The summed E-state index contributed by atoms with van der Waals surface area (Å²) in [5.41, 5.74) is 1.56. The van der Waals surface area contributed by atoms with Gasteiger partial charge in [-0.15, -0.1) is 0 Å². The van der Waals surface area contributed by atoms with Crippen molar-refractivity contribution in [3.05, 3.63) is 35.4 Å². The van der Waals surface area contributed by atoms with E-state index in [9.17, 15) is 4.79 Å². The number of ketones is 1. The van der Waals surface area contributed by atoms with Crippen LogP contribution >= 0.6 is 0 Å². The van der Waals surface area contributed by atoms with Crippen molar-refractivity contribution in [1.82, 2.24) is 0 Å². The maximum atomic E-state index is 11.6. The third-order valence-electron chi connectivity index (χ3n) is 2.64. The number of ether oxygens (including phenoxy) is 1. The molecule has 0 bridgehead atoms. The smallest absolute Gasteiger partial charge is 0.135 e. The normalized spacial score (nSPS) is 11.8. The monoisotopic (exact) mass is 231 g/mol. The number of rotatable bonds is 6. The molecule has 0 aliphatic carbocycles. The zero-order chi connectivity index (χ0) is 12.7. The first-order valence-electron chi connectivity index (χ1n) is 5.75. The van der Waals surface area contributed by atoms with Gasteiger partial charge in [-0.25, -0.2) is 0 Å². The quantitative estimate of drug-likeness (QED) is 0.756. The van der Waals surface area contributed by atoms with Gasteiger partial charge in [0.05, 0.1) is 17.7 Å². The van der Waals surface area contributed by atoms with Gasteiger partial charge in [0.15, 0.2) is 0 Å². The summed E-state index contributed by atoms with van der Waals surface area (Å²) in [4.78, 5) is 11.6. The van der Waals surface area contributed by atoms with E-state index in [4.69, 9.17) is 10.00 Å². The first-order chi connectivity index (χ1) is 8.21. The molecule has 1 unspecified atom stereocenters. The van der Waals surface area contributed by atoms with Gasteiger partial charge in [0.1, 0.15) is 5.78 Å². The van der Waals surface area contributed by atoms with Gasteiger partial charge in [-0.3, -0.25) is 4.79 Å². The van der Waals surface area contributed by atoms with E-state index < -0.39 is 0 Å². The van der Waals surface area contributed by atoms with E-state index in [0.29, 0.717) is 18.4 Å². The lowest BCUT2D eigenvalue weighted by Gasteiger charge is -2.14. The third kappa shape index (κ3) is 4.01. The molecule has 0 saturated carbocycles. The summed E-state index contributed by atoms with van der Waals surface area (Å²) in [6, 6.07) is 9.23. The summed E-state index contributed by atoms with van der Waals surface area (Å²) in [6.07, 6.45) is 1.65. The van der Waals surface area contributed by atoms with E-state index in [2.05, 4.69) is 6.07 Å². The van der Waals surface area contributed by atoms with Crippen LogP contribution in [0.15, 0.2) is 24.3 Å². The molecule has 0 heterocycles. The molecule has 0 fully saturated rings. The number of hydrogen-bond donors (Lipinski definition) is 0. The van der Waals surface area contributed by atoms with Crippen LogP contribution in [-0.4, -0.2) is 12.9 Å². The Morgan fingerprint density at radius 3 is 2.53 bits per heavy atom. The number of methoxy groups -OCH3 is 1. The van der Waals surface area contributed by atoms with Crippen molar-refractivity contribution >= 4 is 5.78 Å². The molecule has 0 aliphatic rings. The Morgan fingerprint density at radius 1 is 1.41 bits per heavy atom. The number of benzene rings is 1. The van der Waals surface area contributed by atoms with Gasteiger partial charge in [-0.1, -0.05) is 19.1 Å². The van der Waals surface area contributed by atoms with Gasteiger partial charge in [-0.2, -0.15) is 5.26 Å². The number of carbonyl (C=O) groups is 1. The molecular formula is C14H17NO2. The Hall–Kier alpha value is -1.66. The number of hydrogen-bond acceptors (Lipinski definition) is 3. The first-order valence-corrected chi connectivity index (χ1v) is 5.75. The van der Waals surface area contributed by atoms with Gasteiger partial charge in [0.25, 0.3) is 0 Å². The van der Waals surface area contributed by atoms with E-state index in [-0.39, 0.29) is 11.9 Å². The van der Waals surface area contributed by atoms with Crippen LogP contribution in [-0.2, 0) is 9.53 Å². The molecule has 1 rings (SSSR count). The summed E-state index contributed by atoms with van der Waals surface area (Å²) in [5, 5.41) is 8.70. The van der Waals surface area contributed by atoms with Crippen LogP contribution in [0.3, 0.4) is 0 Å². The highest BCUT2D eigenvalue weighted by Gasteiger charge is 2.14. The largest absolute Gasteiger partial charge is 0.376 e. The first kappa shape index (κ1) is 13.4. The Morgan fingerprint density at radius 2 is 2.06 bits per heavy atom. The van der Waals surface area contributed by atoms with Crippen LogP contribution in [0.25, 0.3) is 0 Å². The minimum Gasteiger partial charge on any atom is -0.376 e. The number of nitriles is 1. The molecule has 3 heteroatoms. The molecule has 0 radical (unpaired) electrons. The highest BCUT2D eigenvalue weighted by molar-refractivity contribution is 5.79. The van der Waals surface area contributed by atoms with Crippen molar-refractivity contribution in [2.75, 3.05) is 7.11 Å². The Kier molecular flexibility index (Phi) is 5.38. The number of nitrogens with zero attached hydrogens (tertiary/aromatic N) is 1. The molecule has 0 spiro atoms. The Balaban J connectivity index is 2.72. The van der Waals surface area contributed by atoms with Crippen molar-refractivity contribution in [2.45, 2.75) is 32.3 Å². The molecular weight excluding hydrogens is 214 g/mol. The standard InChI is InChI=1S/C14H17NO2/c1-3-4-13(16)9-14(17-2)12-7-5-11(10-15)6-8-12/h5-8,14H,3-4,9H2,1-2H3. The second-order valence-corrected chi connectivity index (χ2v) is 3.95. The fourth-order valence-corrected chi connectivity index (χ4v) is 1.70. The summed E-state index contributed by atoms with van der Waals surface area (Å²) in [6.45, 7) is 1.99. The lowest BCUT2D eigenvalue weighted by atomic mass is 10.0. The second-order valence-electron chi connectivity index (χ2n) is 3.95. The lowest BCUT2D eigenvalue weighted by Crippen LogP contribution is -2.08. The minimum absolute atomic E-state index is 0.207. The van der Waals surface area contributed by atoms with Crippen LogP contribution in [0.4, 0.5) is 0 Å². The summed E-state index contributed by atoms with van der Waals surface area (Å²) in [7, 11) is 1.60. The van der Waals surface area contributed by atoms with E-state index in [0.717, 1.165) is 12.0 Å². The SMILES string of the molecule is CCCC(=O)CC(OC)c1ccc(C#N)cc1. The predicted molar refractivity (Wildman–Crippen MR) is 65.4 cm³/mol. The van der Waals surface area contributed by atoms with Crippen molar-refractivity contribution in [2.24, 2.45) is 0 Å². The molecule has 1 atom stereocenters. The molecule has 0 N–H and O–H groups in total. The van der Waals surface area contributed by atoms with Crippen LogP contribution in [0.5, 0.6) is 0 Å². The van der Waals surface area contributed by atoms with Gasteiger partial charge in [0.2, 0.25) is 0 Å². The van der Waals surface area contributed by atoms with Gasteiger partial charge >= 0.3 is 0 Å². The summed E-state index contributed by atoms with van der Waals surface area (Å²) >= 11 is 0. The highest BCUT2D eigenvalue weighted by Crippen LogP contribution is 2.21. The van der Waals surface area contributed by atoms with E-state index >= 15 is 0 Å². The number of carbonyl (C=O) groups excluding carboxylic acids is 1. The summed E-state index contributed by atoms with van der Waals surface area (Å²) < 4.78 is 5.32. The average molecular weight is 231 g/mol. The highest BCUT2D eigenvalue weighted by atomic mass is 16.5. The molecule has 90 valence electrons. The van der Waals surface area contributed by atoms with Crippen molar-refractivity contribution in [3.63, 3.8) is 0 Å². The van der Waals surface area contributed by atoms with Crippen LogP contribution in [0.1, 0.15) is 43.4 Å². The van der Waals surface area contributed by atoms with Gasteiger partial charge in [0, 0.05) is 20.0 Å². The Labute approximate surface area is 102 Å². The molecule has 17 heavy (non-hydrogen) atoms. The van der Waals surface area contributed by atoms with Crippen LogP contribution in [0, 0.1) is 11.3 Å². The van der Waals surface area contributed by atoms with Crippen molar-refractivity contribution in [1.29, 1.82) is 5.26 Å². The van der Waals surface area contributed by atoms with E-state index in [1.54, 1.807) is 19.2 Å². The molecule has 1 aromatic rings. The van der Waals surface area contributed by atoms with Crippen molar-refractivity contribution < 1.29 is 9.53 Å². The molecule has 3 nitrogen and oxygen atoms in total. The zero-order valence-electron chi connectivity index (χ0n) is 10.3. The fraction of sp³-hybridized carbons (Fsp3) is 0.429. The maximum absolute atomic E-state index is 11.6. The Bertz CT molecular complexity index is 403. The van der Waals surface area contributed by atoms with E-state index in [1.807, 2.05) is 19.1 Å². The van der Waals surface area contributed by atoms with Crippen LogP contribution < -0.4 is 0 Å². The lowest BCUT2D eigenvalue weighted by molar-refractivity contribution is -0.121. The third-order valence-corrected chi connectivity index (χ3v) is 2.64. The average Bonchev–Trinajstić information content (AvgIpc) is 2.36. The topological polar surface area (TPSA) is 50.1 Å². The predicted octanol–water partition coefficient (Wildman–Crippen LogP) is 3.01. The number of Topliss-reactive ketones (excluding diaryl/α,β-unsaturated/α-hetero) is 1. The summed E-state index contributed by atoms with van der Waals surface area (Å²) in [5.74, 6) is 0.212. The molecule has 1 aromatic carbocycles. The van der Waals surface area contributed by atoms with Crippen LogP contribution in [0.2, 0.25) is 0 Å². The van der Waals surface area contributed by atoms with Crippen molar-refractivity contribution in [3.8, 4) is 6.07 Å². The molecule has 0 aliphatic heterocycles. The van der Waals surface area contributed by atoms with E-state index in [1.165, 1.54) is 0 Å². The van der Waals surface area contributed by atoms with Gasteiger partial charge in [-0.05, 0) is 24.1 Å². The molecule has 0 amide bonds. The van der Waals surface area contributed by atoms with Gasteiger partial charge < -0.3 is 4.74 Å². The molecule has 0 aromatic heterocycles.